The maximum Gasteiger partial charge on any atom is 0.223 e. The van der Waals surface area contributed by atoms with Gasteiger partial charge >= 0.3 is 0 Å². The van der Waals surface area contributed by atoms with Gasteiger partial charge in [0, 0.05) is 23.5 Å². The lowest BCUT2D eigenvalue weighted by molar-refractivity contribution is -0.306. The summed E-state index contributed by atoms with van der Waals surface area (Å²) in [7, 11) is 0. The van der Waals surface area contributed by atoms with E-state index in [4.69, 9.17) is 11.6 Å². The third-order valence-corrected chi connectivity index (χ3v) is 7.23. The predicted molar refractivity (Wildman–Crippen MR) is 102 cm³/mol. The summed E-state index contributed by atoms with van der Waals surface area (Å²) in [6.07, 6.45) is 7.92. The van der Waals surface area contributed by atoms with E-state index in [1.54, 1.807) is 12.1 Å². The Morgan fingerprint density at radius 3 is 2.15 bits per heavy atom. The molecule has 0 saturated heterocycles. The Balaban J connectivity index is 1.39. The van der Waals surface area contributed by atoms with Crippen LogP contribution in [0.4, 0.5) is 0 Å². The maximum absolute atomic E-state index is 12.8. The molecule has 0 aromatic heterocycles. The fraction of sp³-hybridized carbons (Fsp3) is 0.636. The number of benzene rings is 1. The molecule has 1 atom stereocenters. The number of amides is 1. The molecule has 27 heavy (non-hydrogen) atoms. The minimum absolute atomic E-state index is 0.162. The molecule has 4 saturated carbocycles. The van der Waals surface area contributed by atoms with Crippen LogP contribution in [0.15, 0.2) is 24.3 Å². The summed E-state index contributed by atoms with van der Waals surface area (Å²) in [6, 6.07) is 7.22. The number of hydrogen-bond donors (Lipinski definition) is 1. The van der Waals surface area contributed by atoms with E-state index in [-0.39, 0.29) is 17.7 Å². The van der Waals surface area contributed by atoms with Crippen molar-refractivity contribution >= 4 is 23.5 Å². The number of halogens is 1. The minimum Gasteiger partial charge on any atom is -0.550 e. The quantitative estimate of drug-likeness (QED) is 0.780. The molecule has 1 N–H and O–H groups in total. The number of aliphatic carboxylic acids is 1. The first-order chi connectivity index (χ1) is 12.9. The van der Waals surface area contributed by atoms with E-state index >= 15 is 0 Å². The van der Waals surface area contributed by atoms with Gasteiger partial charge in [-0.2, -0.15) is 0 Å². The Kier molecular flexibility index (Phi) is 5.19. The Bertz CT molecular complexity index is 679. The average molecular weight is 389 g/mol. The first-order valence-corrected chi connectivity index (χ1v) is 10.5. The van der Waals surface area contributed by atoms with E-state index in [0.29, 0.717) is 18.0 Å². The second kappa shape index (κ2) is 7.46. The molecule has 0 radical (unpaired) electrons. The lowest BCUT2D eigenvalue weighted by Crippen LogP contribution is -2.52. The largest absolute Gasteiger partial charge is 0.550 e. The average Bonchev–Trinajstić information content (AvgIpc) is 2.59. The number of rotatable bonds is 7. The zero-order valence-corrected chi connectivity index (χ0v) is 16.3. The SMILES string of the molecule is O=C([O-])C[C@@H](Cc1ccc(Cl)cc1)C(=O)NCC12CC3CC(CC(C3)C1)C2. The van der Waals surface area contributed by atoms with E-state index in [0.717, 1.165) is 23.3 Å². The summed E-state index contributed by atoms with van der Waals surface area (Å²) in [5.41, 5.74) is 1.16. The zero-order chi connectivity index (χ0) is 19.0. The fourth-order valence-corrected chi connectivity index (χ4v) is 6.42. The van der Waals surface area contributed by atoms with Gasteiger partial charge < -0.3 is 15.2 Å². The first kappa shape index (κ1) is 18.8. The standard InChI is InChI=1S/C22H28ClNO3/c23-19-3-1-14(2-4-19)8-18(9-20(25)26)21(27)24-13-22-10-15-5-16(11-22)7-17(6-15)12-22/h1-4,15-18H,5-13H2,(H,24,27)(H,25,26)/p-1/t15?,16?,17?,18-,22?/m1/s1. The lowest BCUT2D eigenvalue weighted by Gasteiger charge is -2.57. The van der Waals surface area contributed by atoms with Crippen molar-refractivity contribution in [3.8, 4) is 0 Å². The third-order valence-electron chi connectivity index (χ3n) is 6.98. The van der Waals surface area contributed by atoms with Gasteiger partial charge in [0.25, 0.3) is 0 Å². The van der Waals surface area contributed by atoms with Crippen LogP contribution in [0.25, 0.3) is 0 Å². The van der Waals surface area contributed by atoms with E-state index in [1.165, 1.54) is 38.5 Å². The molecule has 5 heteroatoms. The van der Waals surface area contributed by atoms with Crippen LogP contribution in [0.2, 0.25) is 5.02 Å². The van der Waals surface area contributed by atoms with Crippen molar-refractivity contribution in [1.29, 1.82) is 0 Å². The molecule has 1 amide bonds. The number of carboxylic acids is 1. The van der Waals surface area contributed by atoms with Gasteiger partial charge in [-0.3, -0.25) is 4.79 Å². The van der Waals surface area contributed by atoms with Crippen molar-refractivity contribution in [3.05, 3.63) is 34.9 Å². The molecule has 146 valence electrons. The van der Waals surface area contributed by atoms with E-state index in [9.17, 15) is 14.7 Å². The van der Waals surface area contributed by atoms with Gasteiger partial charge in [0.15, 0.2) is 0 Å². The number of hydrogen-bond acceptors (Lipinski definition) is 3. The molecule has 4 aliphatic carbocycles. The minimum atomic E-state index is -1.18. The third kappa shape index (κ3) is 4.31. The van der Waals surface area contributed by atoms with Crippen molar-refractivity contribution < 1.29 is 14.7 Å². The van der Waals surface area contributed by atoms with Crippen LogP contribution >= 0.6 is 11.6 Å². The summed E-state index contributed by atoms with van der Waals surface area (Å²) < 4.78 is 0. The van der Waals surface area contributed by atoms with Crippen molar-refractivity contribution in [2.75, 3.05) is 6.54 Å². The Labute approximate surface area is 165 Å². The Morgan fingerprint density at radius 1 is 1.07 bits per heavy atom. The highest BCUT2D eigenvalue weighted by molar-refractivity contribution is 6.30. The predicted octanol–water partition coefficient (Wildman–Crippen LogP) is 2.97. The normalized spacial score (nSPS) is 32.3. The van der Waals surface area contributed by atoms with Crippen LogP contribution < -0.4 is 10.4 Å². The molecule has 0 spiro atoms. The monoisotopic (exact) mass is 388 g/mol. The number of carboxylic acid groups (broad SMARTS) is 1. The molecule has 5 rings (SSSR count). The molecular formula is C22H27ClNO3-. The van der Waals surface area contributed by atoms with Crippen molar-refractivity contribution in [1.82, 2.24) is 5.32 Å². The lowest BCUT2D eigenvalue weighted by atomic mass is 9.49. The van der Waals surface area contributed by atoms with Gasteiger partial charge in [0.1, 0.15) is 0 Å². The molecule has 4 bridgehead atoms. The van der Waals surface area contributed by atoms with Crippen molar-refractivity contribution in [3.63, 3.8) is 0 Å². The van der Waals surface area contributed by atoms with Crippen LogP contribution in [0, 0.1) is 29.1 Å². The topological polar surface area (TPSA) is 69.2 Å². The molecule has 1 aromatic carbocycles. The summed E-state index contributed by atoms with van der Waals surface area (Å²) in [5, 5.41) is 14.9. The van der Waals surface area contributed by atoms with Crippen LogP contribution in [0.3, 0.4) is 0 Å². The molecular weight excluding hydrogens is 362 g/mol. The number of carbonyl (C=O) groups is 2. The van der Waals surface area contributed by atoms with E-state index in [1.807, 2.05) is 12.1 Å². The smallest absolute Gasteiger partial charge is 0.223 e. The van der Waals surface area contributed by atoms with Crippen LogP contribution in [0.5, 0.6) is 0 Å². The summed E-state index contributed by atoms with van der Waals surface area (Å²) in [4.78, 5) is 24.0. The highest BCUT2D eigenvalue weighted by Crippen LogP contribution is 2.59. The Morgan fingerprint density at radius 2 is 1.63 bits per heavy atom. The molecule has 4 fully saturated rings. The van der Waals surface area contributed by atoms with Gasteiger partial charge in [-0.1, -0.05) is 23.7 Å². The summed E-state index contributed by atoms with van der Waals surface area (Å²) >= 11 is 5.91. The van der Waals surface area contributed by atoms with Gasteiger partial charge in [-0.15, -0.1) is 0 Å². The van der Waals surface area contributed by atoms with Gasteiger partial charge in [0.2, 0.25) is 5.91 Å². The van der Waals surface area contributed by atoms with Gasteiger partial charge in [-0.05, 0) is 92.2 Å². The zero-order valence-electron chi connectivity index (χ0n) is 15.6. The number of carbonyl (C=O) groups excluding carboxylic acids is 2. The molecule has 1 aromatic rings. The van der Waals surface area contributed by atoms with Crippen molar-refractivity contribution in [2.45, 2.75) is 51.4 Å². The second-order valence-corrected chi connectivity index (χ2v) is 9.68. The summed E-state index contributed by atoms with van der Waals surface area (Å²) in [5.74, 6) is 0.553. The summed E-state index contributed by atoms with van der Waals surface area (Å²) in [6.45, 7) is 0.694. The molecule has 0 heterocycles. The fourth-order valence-electron chi connectivity index (χ4n) is 6.29. The molecule has 4 nitrogen and oxygen atoms in total. The van der Waals surface area contributed by atoms with Crippen LogP contribution in [-0.2, 0) is 16.0 Å². The first-order valence-electron chi connectivity index (χ1n) is 10.1. The van der Waals surface area contributed by atoms with E-state index in [2.05, 4.69) is 5.32 Å². The molecule has 0 aliphatic heterocycles. The molecule has 4 aliphatic rings. The van der Waals surface area contributed by atoms with Crippen LogP contribution in [0.1, 0.15) is 50.5 Å². The van der Waals surface area contributed by atoms with Gasteiger partial charge in [0.05, 0.1) is 0 Å². The maximum atomic E-state index is 12.8. The van der Waals surface area contributed by atoms with E-state index < -0.39 is 11.9 Å². The highest BCUT2D eigenvalue weighted by atomic mass is 35.5. The van der Waals surface area contributed by atoms with Crippen LogP contribution in [-0.4, -0.2) is 18.4 Å². The Hall–Kier alpha value is -1.55. The second-order valence-electron chi connectivity index (χ2n) is 9.24. The highest BCUT2D eigenvalue weighted by Gasteiger charge is 2.50. The molecule has 0 unspecified atom stereocenters. The van der Waals surface area contributed by atoms with Crippen molar-refractivity contribution in [2.24, 2.45) is 29.1 Å². The number of nitrogens with one attached hydrogen (secondary N) is 1. The van der Waals surface area contributed by atoms with Gasteiger partial charge in [-0.25, -0.2) is 0 Å².